The van der Waals surface area contributed by atoms with Gasteiger partial charge in [-0.3, -0.25) is 24.1 Å². The maximum atomic E-state index is 13.0. The largest absolute Gasteiger partial charge is 0.383 e. The minimum absolute atomic E-state index is 0.0192. The molecule has 0 saturated heterocycles. The number of hydrogen-bond acceptors (Lipinski definition) is 5. The zero-order chi connectivity index (χ0) is 19.1. The van der Waals surface area contributed by atoms with E-state index in [9.17, 15) is 14.4 Å². The predicted molar refractivity (Wildman–Crippen MR) is 101 cm³/mol. The molecule has 0 spiro atoms. The Morgan fingerprint density at radius 2 is 1.85 bits per heavy atom. The summed E-state index contributed by atoms with van der Waals surface area (Å²) in [4.78, 5) is 45.1. The predicted octanol–water partition coefficient (Wildman–Crippen LogP) is 1.76. The van der Waals surface area contributed by atoms with Gasteiger partial charge in [-0.25, -0.2) is 4.79 Å². The zero-order valence-corrected chi connectivity index (χ0v) is 15.2. The first-order valence-corrected chi connectivity index (χ1v) is 8.85. The number of aromatic amines is 1. The fourth-order valence-electron chi connectivity index (χ4n) is 2.66. The molecule has 26 heavy (non-hydrogen) atoms. The van der Waals surface area contributed by atoms with E-state index in [0.717, 1.165) is 19.3 Å². The number of H-pyrrole nitrogens is 1. The Morgan fingerprint density at radius 1 is 1.19 bits per heavy atom. The van der Waals surface area contributed by atoms with E-state index in [0.29, 0.717) is 25.1 Å². The number of aromatic nitrogens is 3. The number of pyridine rings is 1. The minimum atomic E-state index is -0.654. The molecule has 0 bridgehead atoms. The lowest BCUT2D eigenvalue weighted by Crippen LogP contribution is -2.41. The Bertz CT molecular complexity index is 857. The average Bonchev–Trinajstić information content (AvgIpc) is 2.64. The van der Waals surface area contributed by atoms with E-state index in [2.05, 4.69) is 9.97 Å². The average molecular weight is 359 g/mol. The first-order valence-electron chi connectivity index (χ1n) is 8.85. The molecule has 0 aliphatic rings. The van der Waals surface area contributed by atoms with Gasteiger partial charge in [-0.2, -0.15) is 0 Å². The quantitative estimate of drug-likeness (QED) is 0.745. The van der Waals surface area contributed by atoms with Gasteiger partial charge in [0.2, 0.25) is 0 Å². The van der Waals surface area contributed by atoms with Crippen LogP contribution in [0.1, 0.15) is 49.9 Å². The van der Waals surface area contributed by atoms with Crippen LogP contribution in [0.4, 0.5) is 11.5 Å². The number of nitrogens with one attached hydrogen (secondary N) is 1. The van der Waals surface area contributed by atoms with Crippen molar-refractivity contribution in [2.45, 2.75) is 46.1 Å². The SMILES string of the molecule is CCCCN(C(=O)c1ccncc1)c1c(N)n(CCCC)c(=O)[nH]c1=O. The van der Waals surface area contributed by atoms with Crippen LogP contribution >= 0.6 is 0 Å². The first kappa shape index (κ1) is 19.4. The summed E-state index contributed by atoms with van der Waals surface area (Å²) in [6.07, 6.45) is 6.18. The molecule has 0 aliphatic carbocycles. The smallest absolute Gasteiger partial charge is 0.330 e. The third kappa shape index (κ3) is 4.19. The number of carbonyl (C=O) groups excluding carboxylic acids is 1. The van der Waals surface area contributed by atoms with Gasteiger partial charge in [0.1, 0.15) is 5.82 Å². The fraction of sp³-hybridized carbons (Fsp3) is 0.444. The molecule has 0 unspecified atom stereocenters. The van der Waals surface area contributed by atoms with Crippen LogP contribution in [0.25, 0.3) is 0 Å². The molecule has 0 atom stereocenters. The third-order valence-electron chi connectivity index (χ3n) is 4.13. The number of amides is 1. The molecule has 0 aliphatic heterocycles. The van der Waals surface area contributed by atoms with Crippen molar-refractivity contribution >= 4 is 17.4 Å². The summed E-state index contributed by atoms with van der Waals surface area (Å²) >= 11 is 0. The molecule has 8 heteroatoms. The molecule has 140 valence electrons. The normalized spacial score (nSPS) is 10.7. The summed E-state index contributed by atoms with van der Waals surface area (Å²) in [5.41, 5.74) is 5.37. The Hall–Kier alpha value is -2.90. The Kier molecular flexibility index (Phi) is 6.71. The molecular formula is C18H25N5O3. The Morgan fingerprint density at radius 3 is 2.46 bits per heavy atom. The van der Waals surface area contributed by atoms with Crippen LogP contribution < -0.4 is 21.9 Å². The maximum absolute atomic E-state index is 13.0. The highest BCUT2D eigenvalue weighted by Gasteiger charge is 2.24. The summed E-state index contributed by atoms with van der Waals surface area (Å²) in [7, 11) is 0. The van der Waals surface area contributed by atoms with Crippen LogP contribution in [0.5, 0.6) is 0 Å². The van der Waals surface area contributed by atoms with Crippen molar-refractivity contribution in [3.63, 3.8) is 0 Å². The van der Waals surface area contributed by atoms with Crippen molar-refractivity contribution in [2.24, 2.45) is 0 Å². The van der Waals surface area contributed by atoms with Gasteiger partial charge in [-0.1, -0.05) is 26.7 Å². The molecule has 0 fully saturated rings. The molecule has 0 aromatic carbocycles. The molecule has 2 heterocycles. The van der Waals surface area contributed by atoms with Gasteiger partial charge < -0.3 is 10.6 Å². The number of rotatable bonds is 8. The Balaban J connectivity index is 2.56. The lowest BCUT2D eigenvalue weighted by atomic mass is 10.2. The highest BCUT2D eigenvalue weighted by molar-refractivity contribution is 6.07. The van der Waals surface area contributed by atoms with Crippen molar-refractivity contribution < 1.29 is 4.79 Å². The monoisotopic (exact) mass is 359 g/mol. The lowest BCUT2D eigenvalue weighted by molar-refractivity contribution is 0.0986. The highest BCUT2D eigenvalue weighted by atomic mass is 16.2. The van der Waals surface area contributed by atoms with E-state index in [1.807, 2.05) is 13.8 Å². The fourth-order valence-corrected chi connectivity index (χ4v) is 2.66. The van der Waals surface area contributed by atoms with E-state index in [1.54, 1.807) is 12.1 Å². The van der Waals surface area contributed by atoms with Crippen molar-refractivity contribution in [1.82, 2.24) is 14.5 Å². The van der Waals surface area contributed by atoms with Gasteiger partial charge in [0.05, 0.1) is 0 Å². The first-order chi connectivity index (χ1) is 12.5. The van der Waals surface area contributed by atoms with E-state index < -0.39 is 11.2 Å². The molecular weight excluding hydrogens is 334 g/mol. The molecule has 3 N–H and O–H groups in total. The van der Waals surface area contributed by atoms with Crippen LogP contribution in [0.3, 0.4) is 0 Å². The van der Waals surface area contributed by atoms with Crippen LogP contribution in [0.15, 0.2) is 34.1 Å². The number of carbonyl (C=O) groups is 1. The summed E-state index contributed by atoms with van der Waals surface area (Å²) in [5, 5.41) is 0. The van der Waals surface area contributed by atoms with Crippen LogP contribution in [-0.2, 0) is 6.54 Å². The van der Waals surface area contributed by atoms with Gasteiger partial charge in [-0.05, 0) is 25.0 Å². The molecule has 2 rings (SSSR count). The van der Waals surface area contributed by atoms with Gasteiger partial charge in [0.15, 0.2) is 5.69 Å². The van der Waals surface area contributed by atoms with Crippen molar-refractivity contribution in [2.75, 3.05) is 17.2 Å². The van der Waals surface area contributed by atoms with Crippen LogP contribution in [0.2, 0.25) is 0 Å². The molecule has 2 aromatic heterocycles. The van der Waals surface area contributed by atoms with E-state index >= 15 is 0 Å². The number of nitrogen functional groups attached to an aromatic ring is 1. The second-order valence-corrected chi connectivity index (χ2v) is 6.04. The number of hydrogen-bond donors (Lipinski definition) is 2. The van der Waals surface area contributed by atoms with E-state index in [-0.39, 0.29) is 17.4 Å². The number of anilines is 2. The molecule has 8 nitrogen and oxygen atoms in total. The van der Waals surface area contributed by atoms with Crippen LogP contribution in [-0.4, -0.2) is 27.0 Å². The van der Waals surface area contributed by atoms with Crippen molar-refractivity contribution in [1.29, 1.82) is 0 Å². The summed E-state index contributed by atoms with van der Waals surface area (Å²) in [6.45, 7) is 4.70. The minimum Gasteiger partial charge on any atom is -0.383 e. The van der Waals surface area contributed by atoms with Gasteiger partial charge in [0, 0.05) is 31.0 Å². The zero-order valence-electron chi connectivity index (χ0n) is 15.2. The van der Waals surface area contributed by atoms with Gasteiger partial charge in [0.25, 0.3) is 11.5 Å². The van der Waals surface area contributed by atoms with Crippen molar-refractivity contribution in [3.05, 3.63) is 50.9 Å². The molecule has 0 radical (unpaired) electrons. The molecule has 2 aromatic rings. The Labute approximate surface area is 151 Å². The standard InChI is InChI=1S/C18H25N5O3/c1-3-5-11-22(17(25)13-7-9-20-10-8-13)14-15(19)23(12-6-4-2)18(26)21-16(14)24/h7-10H,3-6,11-12,19H2,1-2H3,(H,21,24,26). The second-order valence-electron chi connectivity index (χ2n) is 6.04. The van der Waals surface area contributed by atoms with Crippen LogP contribution in [0, 0.1) is 0 Å². The third-order valence-corrected chi connectivity index (χ3v) is 4.13. The lowest BCUT2D eigenvalue weighted by Gasteiger charge is -2.24. The van der Waals surface area contributed by atoms with E-state index in [1.165, 1.54) is 21.9 Å². The highest BCUT2D eigenvalue weighted by Crippen LogP contribution is 2.20. The maximum Gasteiger partial charge on any atom is 0.330 e. The van der Waals surface area contributed by atoms with Gasteiger partial charge in [-0.15, -0.1) is 0 Å². The summed E-state index contributed by atoms with van der Waals surface area (Å²) < 4.78 is 1.32. The summed E-state index contributed by atoms with van der Waals surface area (Å²) in [6, 6.07) is 3.16. The summed E-state index contributed by atoms with van der Waals surface area (Å²) in [5.74, 6) is -0.329. The number of unbranched alkanes of at least 4 members (excludes halogenated alkanes) is 2. The number of nitrogens with zero attached hydrogens (tertiary/aromatic N) is 3. The molecule has 1 amide bonds. The topological polar surface area (TPSA) is 114 Å². The number of nitrogens with two attached hydrogens (primary N) is 1. The van der Waals surface area contributed by atoms with Gasteiger partial charge >= 0.3 is 5.69 Å². The second kappa shape index (κ2) is 8.98. The van der Waals surface area contributed by atoms with Crippen molar-refractivity contribution in [3.8, 4) is 0 Å². The molecule has 0 saturated carbocycles. The van der Waals surface area contributed by atoms with E-state index in [4.69, 9.17) is 5.73 Å².